The Labute approximate surface area is 200 Å². The zero-order valence-corrected chi connectivity index (χ0v) is 19.5. The molecular formula is C24H23ClFN5OS. The van der Waals surface area contributed by atoms with Gasteiger partial charge in [-0.25, -0.2) is 9.37 Å². The van der Waals surface area contributed by atoms with Gasteiger partial charge in [0.25, 0.3) is 0 Å². The van der Waals surface area contributed by atoms with E-state index in [9.17, 15) is 4.39 Å². The smallest absolute Gasteiger partial charge is 0.227 e. The Bertz CT molecular complexity index is 1220. The van der Waals surface area contributed by atoms with Crippen molar-refractivity contribution in [2.24, 2.45) is 0 Å². The van der Waals surface area contributed by atoms with E-state index in [-0.39, 0.29) is 5.82 Å². The van der Waals surface area contributed by atoms with E-state index < -0.39 is 0 Å². The second-order valence-electron chi connectivity index (χ2n) is 7.96. The fourth-order valence-corrected chi connectivity index (χ4v) is 5.00. The third kappa shape index (κ3) is 5.13. The number of hydrogen-bond donors (Lipinski definition) is 0. The highest BCUT2D eigenvalue weighted by Crippen LogP contribution is 2.30. The number of aromatic nitrogens is 4. The van der Waals surface area contributed by atoms with Crippen LogP contribution in [0, 0.1) is 5.82 Å². The van der Waals surface area contributed by atoms with Gasteiger partial charge < -0.3 is 4.42 Å². The number of rotatable bonds is 7. The van der Waals surface area contributed by atoms with Crippen LogP contribution in [0.5, 0.6) is 0 Å². The molecule has 0 N–H and O–H groups in total. The largest absolute Gasteiger partial charge is 0.444 e. The van der Waals surface area contributed by atoms with Crippen molar-refractivity contribution in [3.8, 4) is 17.1 Å². The van der Waals surface area contributed by atoms with Gasteiger partial charge in [-0.15, -0.1) is 10.2 Å². The molecule has 0 spiro atoms. The normalized spacial score (nSPS) is 14.6. The maximum atomic E-state index is 13.6. The third-order valence-electron chi connectivity index (χ3n) is 5.60. The van der Waals surface area contributed by atoms with Crippen molar-refractivity contribution in [3.63, 3.8) is 0 Å². The highest BCUT2D eigenvalue weighted by molar-refractivity contribution is 7.98. The molecule has 1 fully saturated rings. The summed E-state index contributed by atoms with van der Waals surface area (Å²) in [5, 5.41) is 10.3. The number of oxazole rings is 1. The van der Waals surface area contributed by atoms with Crippen molar-refractivity contribution >= 4 is 23.4 Å². The SMILES string of the molecule is Fc1ccc(-n2c(CN3CCCCC3)nnc2SCc2coc(-c3ccccc3Cl)n2)cc1. The average Bonchev–Trinajstić information content (AvgIpc) is 3.46. The minimum absolute atomic E-state index is 0.270. The predicted octanol–water partition coefficient (Wildman–Crippen LogP) is 5.99. The molecule has 170 valence electrons. The highest BCUT2D eigenvalue weighted by atomic mass is 35.5. The van der Waals surface area contributed by atoms with Crippen LogP contribution in [0.2, 0.25) is 5.02 Å². The topological polar surface area (TPSA) is 60.0 Å². The standard InChI is InChI=1S/C24H23ClFN5OS/c25-21-7-3-2-6-20(21)23-27-18(15-32-23)16-33-24-29-28-22(14-30-12-4-1-5-13-30)31(24)19-10-8-17(26)9-11-19/h2-3,6-11,15H,1,4-5,12-14,16H2. The Morgan fingerprint density at radius 3 is 2.58 bits per heavy atom. The molecule has 1 saturated heterocycles. The Morgan fingerprint density at radius 2 is 1.79 bits per heavy atom. The molecule has 2 aromatic carbocycles. The number of benzene rings is 2. The molecule has 3 heterocycles. The van der Waals surface area contributed by atoms with Gasteiger partial charge in [0.2, 0.25) is 5.89 Å². The first-order valence-corrected chi connectivity index (χ1v) is 12.3. The monoisotopic (exact) mass is 483 g/mol. The predicted molar refractivity (Wildman–Crippen MR) is 127 cm³/mol. The van der Waals surface area contributed by atoms with Gasteiger partial charge in [-0.3, -0.25) is 9.47 Å². The zero-order chi connectivity index (χ0) is 22.6. The van der Waals surface area contributed by atoms with Crippen LogP contribution in [0.3, 0.4) is 0 Å². The quantitative estimate of drug-likeness (QED) is 0.301. The molecule has 0 saturated carbocycles. The summed E-state index contributed by atoms with van der Waals surface area (Å²) in [5.74, 6) is 1.62. The summed E-state index contributed by atoms with van der Waals surface area (Å²) in [7, 11) is 0. The lowest BCUT2D eigenvalue weighted by atomic mass is 10.1. The van der Waals surface area contributed by atoms with Gasteiger partial charge in [-0.1, -0.05) is 41.9 Å². The molecular weight excluding hydrogens is 461 g/mol. The lowest BCUT2D eigenvalue weighted by Crippen LogP contribution is -2.30. The van der Waals surface area contributed by atoms with Gasteiger partial charge in [0, 0.05) is 11.4 Å². The molecule has 2 aromatic heterocycles. The molecule has 0 unspecified atom stereocenters. The molecule has 6 nitrogen and oxygen atoms in total. The second-order valence-corrected chi connectivity index (χ2v) is 9.31. The maximum absolute atomic E-state index is 13.6. The van der Waals surface area contributed by atoms with Gasteiger partial charge in [0.15, 0.2) is 11.0 Å². The summed E-state index contributed by atoms with van der Waals surface area (Å²) in [4.78, 5) is 6.98. The van der Waals surface area contributed by atoms with Crippen molar-refractivity contribution in [1.82, 2.24) is 24.6 Å². The Morgan fingerprint density at radius 1 is 1.00 bits per heavy atom. The number of nitrogens with zero attached hydrogens (tertiary/aromatic N) is 5. The van der Waals surface area contributed by atoms with Crippen molar-refractivity contribution in [2.45, 2.75) is 36.7 Å². The molecule has 4 aromatic rings. The number of piperidine rings is 1. The van der Waals surface area contributed by atoms with Gasteiger partial charge in [0.05, 0.1) is 22.8 Å². The number of hydrogen-bond acceptors (Lipinski definition) is 6. The summed E-state index contributed by atoms with van der Waals surface area (Å²) in [6, 6.07) is 13.9. The molecule has 33 heavy (non-hydrogen) atoms. The van der Waals surface area contributed by atoms with Crippen molar-refractivity contribution in [2.75, 3.05) is 13.1 Å². The minimum Gasteiger partial charge on any atom is -0.444 e. The van der Waals surface area contributed by atoms with Crippen molar-refractivity contribution in [3.05, 3.63) is 77.2 Å². The average molecular weight is 484 g/mol. The summed E-state index contributed by atoms with van der Waals surface area (Å²) in [5.41, 5.74) is 2.38. The molecule has 1 aliphatic rings. The fourth-order valence-electron chi connectivity index (χ4n) is 3.93. The molecule has 0 atom stereocenters. The van der Waals surface area contributed by atoms with E-state index >= 15 is 0 Å². The molecule has 5 rings (SSSR count). The molecule has 0 bridgehead atoms. The van der Waals surface area contributed by atoms with E-state index in [1.165, 1.54) is 43.2 Å². The second kappa shape index (κ2) is 10.1. The Kier molecular flexibility index (Phi) is 6.75. The van der Waals surface area contributed by atoms with Crippen LogP contribution < -0.4 is 0 Å². The van der Waals surface area contributed by atoms with Crippen LogP contribution in [-0.4, -0.2) is 37.7 Å². The summed E-state index contributed by atoms with van der Waals surface area (Å²) in [6.45, 7) is 2.83. The van der Waals surface area contributed by atoms with Crippen LogP contribution in [0.1, 0.15) is 30.8 Å². The molecule has 0 radical (unpaired) electrons. The van der Waals surface area contributed by atoms with Gasteiger partial charge >= 0.3 is 0 Å². The molecule has 9 heteroatoms. The van der Waals surface area contributed by atoms with Crippen LogP contribution in [0.15, 0.2) is 64.4 Å². The Hall–Kier alpha value is -2.68. The molecule has 0 amide bonds. The van der Waals surface area contributed by atoms with Crippen LogP contribution >= 0.6 is 23.4 Å². The molecule has 1 aliphatic heterocycles. The Balaban J connectivity index is 1.37. The molecule has 0 aliphatic carbocycles. The van der Waals surface area contributed by atoms with Gasteiger partial charge in [0.1, 0.15) is 12.1 Å². The number of thioether (sulfide) groups is 1. The minimum atomic E-state index is -0.270. The van der Waals surface area contributed by atoms with E-state index in [0.29, 0.717) is 23.2 Å². The van der Waals surface area contributed by atoms with E-state index in [4.69, 9.17) is 16.0 Å². The zero-order valence-electron chi connectivity index (χ0n) is 18.0. The first kappa shape index (κ1) is 22.1. The van der Waals surface area contributed by atoms with E-state index in [2.05, 4.69) is 20.1 Å². The van der Waals surface area contributed by atoms with Crippen LogP contribution in [0.25, 0.3) is 17.1 Å². The van der Waals surface area contributed by atoms with Crippen molar-refractivity contribution < 1.29 is 8.81 Å². The van der Waals surface area contributed by atoms with Crippen LogP contribution in [0.4, 0.5) is 4.39 Å². The number of likely N-dealkylation sites (tertiary alicyclic amines) is 1. The lowest BCUT2D eigenvalue weighted by molar-refractivity contribution is 0.214. The number of halogens is 2. The first-order chi connectivity index (χ1) is 16.2. The van der Waals surface area contributed by atoms with E-state index in [0.717, 1.165) is 41.0 Å². The summed E-state index contributed by atoms with van der Waals surface area (Å²) >= 11 is 7.78. The first-order valence-electron chi connectivity index (χ1n) is 10.9. The fraction of sp³-hybridized carbons (Fsp3) is 0.292. The maximum Gasteiger partial charge on any atom is 0.227 e. The van der Waals surface area contributed by atoms with E-state index in [1.54, 1.807) is 18.4 Å². The van der Waals surface area contributed by atoms with Crippen molar-refractivity contribution in [1.29, 1.82) is 0 Å². The summed E-state index contributed by atoms with van der Waals surface area (Å²) in [6.07, 6.45) is 5.31. The van der Waals surface area contributed by atoms with Gasteiger partial charge in [-0.2, -0.15) is 0 Å². The summed E-state index contributed by atoms with van der Waals surface area (Å²) < 4.78 is 21.2. The van der Waals surface area contributed by atoms with Gasteiger partial charge in [-0.05, 0) is 62.3 Å². The third-order valence-corrected chi connectivity index (χ3v) is 6.90. The van der Waals surface area contributed by atoms with E-state index in [1.807, 2.05) is 28.8 Å². The highest BCUT2D eigenvalue weighted by Gasteiger charge is 2.19. The van der Waals surface area contributed by atoms with Crippen LogP contribution in [-0.2, 0) is 12.3 Å². The lowest BCUT2D eigenvalue weighted by Gasteiger charge is -2.26.